The van der Waals surface area contributed by atoms with Crippen LogP contribution in [0, 0.1) is 0 Å². The third kappa shape index (κ3) is 3.23. The number of anilines is 1. The highest BCUT2D eigenvalue weighted by molar-refractivity contribution is 7.20. The molecular formula is C13H14N2O3S. The summed E-state index contributed by atoms with van der Waals surface area (Å²) < 4.78 is 6.02. The highest BCUT2D eigenvalue weighted by Gasteiger charge is 2.12. The number of nitrogens with one attached hydrogen (secondary N) is 1. The SMILES string of the molecule is CNC(=O)CCOC(=O)c1cc2cc(N)ccc2s1. The minimum absolute atomic E-state index is 0.0783. The number of thiophene rings is 1. The first-order chi connectivity index (χ1) is 9.10. The van der Waals surface area contributed by atoms with Crippen LogP contribution in [0.2, 0.25) is 0 Å². The van der Waals surface area contributed by atoms with Gasteiger partial charge >= 0.3 is 5.97 Å². The smallest absolute Gasteiger partial charge is 0.348 e. The minimum atomic E-state index is -0.413. The second kappa shape index (κ2) is 5.71. The lowest BCUT2D eigenvalue weighted by Gasteiger charge is -2.01. The summed E-state index contributed by atoms with van der Waals surface area (Å²) in [6.07, 6.45) is 0.167. The van der Waals surface area contributed by atoms with Gasteiger partial charge in [0.25, 0.3) is 0 Å². The maximum Gasteiger partial charge on any atom is 0.348 e. The van der Waals surface area contributed by atoms with Gasteiger partial charge in [-0.1, -0.05) is 0 Å². The molecule has 1 aromatic carbocycles. The predicted molar refractivity (Wildman–Crippen MR) is 75.2 cm³/mol. The molecule has 2 rings (SSSR count). The maximum atomic E-state index is 11.8. The lowest BCUT2D eigenvalue weighted by Crippen LogP contribution is -2.20. The zero-order chi connectivity index (χ0) is 13.8. The Bertz CT molecular complexity index is 621. The van der Waals surface area contributed by atoms with E-state index in [9.17, 15) is 9.59 Å². The number of carbonyl (C=O) groups is 2. The quantitative estimate of drug-likeness (QED) is 0.659. The van der Waals surface area contributed by atoms with Gasteiger partial charge in [0.15, 0.2) is 0 Å². The molecule has 2 aromatic rings. The standard InChI is InChI=1S/C13H14N2O3S/c1-15-12(16)4-5-18-13(17)11-7-8-6-9(14)2-3-10(8)19-11/h2-3,6-7H,4-5,14H2,1H3,(H,15,16). The van der Waals surface area contributed by atoms with Gasteiger partial charge in [0, 0.05) is 17.4 Å². The van der Waals surface area contributed by atoms with Crippen molar-refractivity contribution < 1.29 is 14.3 Å². The number of hydrogen-bond donors (Lipinski definition) is 2. The summed E-state index contributed by atoms with van der Waals surface area (Å²) in [6.45, 7) is 0.0783. The van der Waals surface area contributed by atoms with Crippen molar-refractivity contribution in [3.63, 3.8) is 0 Å². The minimum Gasteiger partial charge on any atom is -0.461 e. The molecule has 0 saturated carbocycles. The average Bonchev–Trinajstić information content (AvgIpc) is 2.81. The summed E-state index contributed by atoms with van der Waals surface area (Å²) in [4.78, 5) is 23.3. The van der Waals surface area contributed by atoms with Crippen molar-refractivity contribution >= 4 is 39.0 Å². The lowest BCUT2D eigenvalue weighted by atomic mass is 10.2. The number of hydrogen-bond acceptors (Lipinski definition) is 5. The molecule has 1 amide bonds. The van der Waals surface area contributed by atoms with E-state index in [-0.39, 0.29) is 18.9 Å². The lowest BCUT2D eigenvalue weighted by molar-refractivity contribution is -0.121. The topological polar surface area (TPSA) is 81.4 Å². The number of nitrogen functional groups attached to an aromatic ring is 1. The van der Waals surface area contributed by atoms with E-state index in [4.69, 9.17) is 10.5 Å². The van der Waals surface area contributed by atoms with Crippen LogP contribution in [0.1, 0.15) is 16.1 Å². The highest BCUT2D eigenvalue weighted by atomic mass is 32.1. The molecule has 0 aliphatic heterocycles. The predicted octanol–water partition coefficient (Wildman–Crippen LogP) is 1.78. The van der Waals surface area contributed by atoms with E-state index in [1.54, 1.807) is 19.2 Å². The van der Waals surface area contributed by atoms with Crippen LogP contribution in [-0.4, -0.2) is 25.5 Å². The first-order valence-corrected chi connectivity index (χ1v) is 6.58. The number of carbonyl (C=O) groups excluding carboxylic acids is 2. The van der Waals surface area contributed by atoms with Crippen molar-refractivity contribution in [1.29, 1.82) is 0 Å². The summed E-state index contributed by atoms with van der Waals surface area (Å²) in [5.74, 6) is -0.569. The van der Waals surface area contributed by atoms with Gasteiger partial charge in [-0.15, -0.1) is 11.3 Å². The zero-order valence-electron chi connectivity index (χ0n) is 10.4. The molecule has 5 nitrogen and oxygen atoms in total. The van der Waals surface area contributed by atoms with Crippen LogP contribution >= 0.6 is 11.3 Å². The summed E-state index contributed by atoms with van der Waals surface area (Å²) in [5, 5.41) is 3.38. The van der Waals surface area contributed by atoms with E-state index >= 15 is 0 Å². The van der Waals surface area contributed by atoms with E-state index in [0.717, 1.165) is 10.1 Å². The highest BCUT2D eigenvalue weighted by Crippen LogP contribution is 2.27. The fraction of sp³-hybridized carbons (Fsp3) is 0.231. The average molecular weight is 278 g/mol. The molecule has 0 aliphatic rings. The van der Waals surface area contributed by atoms with Crippen molar-refractivity contribution in [2.24, 2.45) is 0 Å². The number of rotatable bonds is 4. The van der Waals surface area contributed by atoms with Crippen LogP contribution in [0.25, 0.3) is 10.1 Å². The molecule has 0 aliphatic carbocycles. The fourth-order valence-corrected chi connectivity index (χ4v) is 2.53. The molecule has 0 atom stereocenters. The third-order valence-corrected chi connectivity index (χ3v) is 3.68. The van der Waals surface area contributed by atoms with Gasteiger partial charge in [0.1, 0.15) is 11.5 Å². The Labute approximate surface area is 114 Å². The molecule has 0 fully saturated rings. The normalized spacial score (nSPS) is 10.4. The van der Waals surface area contributed by atoms with Crippen LogP contribution in [0.15, 0.2) is 24.3 Å². The number of fused-ring (bicyclic) bond motifs is 1. The van der Waals surface area contributed by atoms with Crippen LogP contribution in [0.4, 0.5) is 5.69 Å². The second-order valence-corrected chi connectivity index (χ2v) is 5.05. The second-order valence-electron chi connectivity index (χ2n) is 3.97. The van der Waals surface area contributed by atoms with Crippen LogP contribution in [0.5, 0.6) is 0 Å². The Kier molecular flexibility index (Phi) is 4.01. The van der Waals surface area contributed by atoms with Gasteiger partial charge in [-0.2, -0.15) is 0 Å². The molecular weight excluding hydrogens is 264 g/mol. The zero-order valence-corrected chi connectivity index (χ0v) is 11.3. The van der Waals surface area contributed by atoms with Gasteiger partial charge in [0.05, 0.1) is 6.42 Å². The molecule has 0 saturated heterocycles. The van der Waals surface area contributed by atoms with Crippen molar-refractivity contribution in [2.45, 2.75) is 6.42 Å². The van der Waals surface area contributed by atoms with Gasteiger partial charge in [-0.05, 0) is 29.7 Å². The number of nitrogens with two attached hydrogens (primary N) is 1. The van der Waals surface area contributed by atoms with Crippen molar-refractivity contribution in [3.8, 4) is 0 Å². The Morgan fingerprint density at radius 2 is 2.16 bits per heavy atom. The Morgan fingerprint density at radius 1 is 1.37 bits per heavy atom. The van der Waals surface area contributed by atoms with Crippen molar-refractivity contribution in [1.82, 2.24) is 5.32 Å². The van der Waals surface area contributed by atoms with Crippen molar-refractivity contribution in [2.75, 3.05) is 19.4 Å². The molecule has 1 aromatic heterocycles. The van der Waals surface area contributed by atoms with E-state index in [0.29, 0.717) is 10.6 Å². The molecule has 100 valence electrons. The van der Waals surface area contributed by atoms with E-state index < -0.39 is 5.97 Å². The van der Waals surface area contributed by atoms with Crippen LogP contribution in [-0.2, 0) is 9.53 Å². The molecule has 0 radical (unpaired) electrons. The molecule has 1 heterocycles. The van der Waals surface area contributed by atoms with Crippen molar-refractivity contribution in [3.05, 3.63) is 29.1 Å². The molecule has 6 heteroatoms. The first kappa shape index (κ1) is 13.4. The Morgan fingerprint density at radius 3 is 2.89 bits per heavy atom. The number of ether oxygens (including phenoxy) is 1. The van der Waals surface area contributed by atoms with E-state index in [1.807, 2.05) is 12.1 Å². The monoisotopic (exact) mass is 278 g/mol. The Balaban J connectivity index is 2.03. The fourth-order valence-electron chi connectivity index (χ4n) is 1.59. The van der Waals surface area contributed by atoms with Crippen LogP contribution in [0.3, 0.4) is 0 Å². The molecule has 19 heavy (non-hydrogen) atoms. The molecule has 0 spiro atoms. The summed E-state index contributed by atoms with van der Waals surface area (Å²) in [6, 6.07) is 7.22. The first-order valence-electron chi connectivity index (χ1n) is 5.77. The number of benzene rings is 1. The number of esters is 1. The van der Waals surface area contributed by atoms with Gasteiger partial charge in [0.2, 0.25) is 5.91 Å². The maximum absolute atomic E-state index is 11.8. The van der Waals surface area contributed by atoms with E-state index in [1.165, 1.54) is 11.3 Å². The summed E-state index contributed by atoms with van der Waals surface area (Å²) in [5.41, 5.74) is 6.34. The van der Waals surface area contributed by atoms with Gasteiger partial charge in [-0.25, -0.2) is 4.79 Å². The largest absolute Gasteiger partial charge is 0.461 e. The molecule has 3 N–H and O–H groups in total. The number of amides is 1. The summed E-state index contributed by atoms with van der Waals surface area (Å²) >= 11 is 1.35. The molecule has 0 bridgehead atoms. The molecule has 0 unspecified atom stereocenters. The third-order valence-electron chi connectivity index (χ3n) is 2.58. The van der Waals surface area contributed by atoms with Gasteiger partial charge < -0.3 is 15.8 Å². The van der Waals surface area contributed by atoms with Crippen LogP contribution < -0.4 is 11.1 Å². The Hall–Kier alpha value is -2.08. The summed E-state index contributed by atoms with van der Waals surface area (Å²) in [7, 11) is 1.54. The van der Waals surface area contributed by atoms with E-state index in [2.05, 4.69) is 5.32 Å². The van der Waals surface area contributed by atoms with Gasteiger partial charge in [-0.3, -0.25) is 4.79 Å².